The molecule has 166 valence electrons. The largest absolute Gasteiger partial charge is 0.388 e. The van der Waals surface area contributed by atoms with Crippen molar-refractivity contribution in [2.24, 2.45) is 5.73 Å². The zero-order chi connectivity index (χ0) is 22.9. The van der Waals surface area contributed by atoms with Crippen LogP contribution in [0.15, 0.2) is 30.6 Å². The molecule has 1 aliphatic rings. The van der Waals surface area contributed by atoms with Gasteiger partial charge in [-0.05, 0) is 30.2 Å². The topological polar surface area (TPSA) is 158 Å². The van der Waals surface area contributed by atoms with Gasteiger partial charge >= 0.3 is 0 Å². The number of amides is 1. The molecule has 5 N–H and O–H groups in total. The molecule has 0 radical (unpaired) electrons. The maximum atomic E-state index is 13.1. The highest BCUT2D eigenvalue weighted by Crippen LogP contribution is 2.37. The van der Waals surface area contributed by atoms with Crippen molar-refractivity contribution in [3.8, 4) is 11.8 Å². The van der Waals surface area contributed by atoms with E-state index >= 15 is 0 Å². The van der Waals surface area contributed by atoms with E-state index in [1.807, 2.05) is 0 Å². The number of hydrogen-bond donors (Lipinski definition) is 4. The van der Waals surface area contributed by atoms with Crippen LogP contribution in [0.2, 0.25) is 0 Å². The molecule has 1 fully saturated rings. The number of aliphatic hydroxyl groups excluding tert-OH is 2. The Morgan fingerprint density at radius 2 is 2.12 bits per heavy atom. The molecular weight excluding hydrogens is 423 g/mol. The second kappa shape index (κ2) is 8.48. The Balaban J connectivity index is 1.86. The number of carbonyl (C=O) groups excluding carboxylic acids is 1. The highest BCUT2D eigenvalue weighted by Gasteiger charge is 2.52. The van der Waals surface area contributed by atoms with Gasteiger partial charge in [0.05, 0.1) is 26.5 Å². The average molecular weight is 442 g/mol. The Morgan fingerprint density at radius 1 is 1.38 bits per heavy atom. The fraction of sp³-hybridized carbons (Fsp3) is 0.300. The molecule has 4 rings (SSSR count). The van der Waals surface area contributed by atoms with Gasteiger partial charge in [-0.3, -0.25) is 14.2 Å². The predicted octanol–water partition coefficient (Wildman–Crippen LogP) is -0.381. The fourth-order valence-corrected chi connectivity index (χ4v) is 3.47. The molecule has 3 unspecified atom stereocenters. The van der Waals surface area contributed by atoms with Crippen LogP contribution in [0.3, 0.4) is 0 Å². The van der Waals surface area contributed by atoms with Crippen molar-refractivity contribution in [2.75, 3.05) is 19.2 Å². The van der Waals surface area contributed by atoms with Crippen molar-refractivity contribution >= 4 is 22.9 Å². The number of hydrogen-bond acceptors (Lipinski definition) is 9. The van der Waals surface area contributed by atoms with E-state index in [1.54, 1.807) is 0 Å². The monoisotopic (exact) mass is 442 g/mol. The van der Waals surface area contributed by atoms with Gasteiger partial charge in [-0.2, -0.15) is 4.98 Å². The summed E-state index contributed by atoms with van der Waals surface area (Å²) in [5.74, 6) is 4.67. The average Bonchev–Trinajstić information content (AvgIpc) is 3.31. The second-order valence-electron chi connectivity index (χ2n) is 7.06. The Hall–Kier alpha value is -3.63. The summed E-state index contributed by atoms with van der Waals surface area (Å²) in [5.41, 5.74) is 7.17. The van der Waals surface area contributed by atoms with E-state index in [2.05, 4.69) is 32.3 Å². The smallest absolute Gasteiger partial charge is 0.222 e. The molecule has 0 bridgehead atoms. The third kappa shape index (κ3) is 3.85. The van der Waals surface area contributed by atoms with Crippen molar-refractivity contribution in [1.82, 2.24) is 19.5 Å². The number of aromatic nitrogens is 4. The lowest BCUT2D eigenvalue weighted by atomic mass is 10.0. The molecule has 2 aromatic heterocycles. The van der Waals surface area contributed by atoms with Gasteiger partial charge < -0.3 is 20.7 Å². The molecule has 32 heavy (non-hydrogen) atoms. The Morgan fingerprint density at radius 3 is 2.75 bits per heavy atom. The summed E-state index contributed by atoms with van der Waals surface area (Å²) in [7, 11) is 1.38. The summed E-state index contributed by atoms with van der Waals surface area (Å²) in [6.45, 7) is -0.223. The number of benzene rings is 1. The summed E-state index contributed by atoms with van der Waals surface area (Å²) in [4.78, 5) is 29.6. The van der Waals surface area contributed by atoms with Crippen LogP contribution in [0, 0.1) is 17.7 Å². The normalized spacial score (nSPS) is 22.5. The number of anilines is 1. The molecule has 1 amide bonds. The van der Waals surface area contributed by atoms with Gasteiger partial charge in [0, 0.05) is 5.56 Å². The number of primary amides is 1. The number of nitrogens with zero attached hydrogens (tertiary/aromatic N) is 4. The van der Waals surface area contributed by atoms with Crippen molar-refractivity contribution in [1.29, 1.82) is 0 Å². The zero-order valence-electron chi connectivity index (χ0n) is 16.8. The van der Waals surface area contributed by atoms with Crippen LogP contribution in [-0.2, 0) is 20.1 Å². The predicted molar refractivity (Wildman–Crippen MR) is 108 cm³/mol. The van der Waals surface area contributed by atoms with Crippen molar-refractivity contribution in [3.05, 3.63) is 47.8 Å². The van der Waals surface area contributed by atoms with Crippen LogP contribution in [0.4, 0.5) is 10.2 Å². The number of carbonyl (C=O) groups is 1. The summed E-state index contributed by atoms with van der Waals surface area (Å²) in [5, 5.41) is 20.7. The maximum Gasteiger partial charge on any atom is 0.222 e. The Labute approximate surface area is 181 Å². The molecule has 3 aromatic rings. The van der Waals surface area contributed by atoms with E-state index in [4.69, 9.17) is 15.3 Å². The lowest BCUT2D eigenvalue weighted by molar-refractivity contribution is -0.147. The molecule has 11 nitrogen and oxygen atoms in total. The molecule has 0 saturated carbocycles. The third-order valence-corrected chi connectivity index (χ3v) is 4.92. The van der Waals surface area contributed by atoms with Gasteiger partial charge in [0.15, 0.2) is 22.7 Å². The maximum absolute atomic E-state index is 13.1. The first-order chi connectivity index (χ1) is 15.3. The van der Waals surface area contributed by atoms with Crippen molar-refractivity contribution in [3.63, 3.8) is 0 Å². The SMILES string of the molecule is CONc1nc(C#Cc2ccc(F)cc2)nc2c1ncn2C1(CC(N)=O)OCC(O)C1O. The van der Waals surface area contributed by atoms with Crippen LogP contribution in [0.25, 0.3) is 11.2 Å². The van der Waals surface area contributed by atoms with Crippen LogP contribution in [0.5, 0.6) is 0 Å². The van der Waals surface area contributed by atoms with E-state index in [9.17, 15) is 19.4 Å². The molecule has 0 aliphatic carbocycles. The number of imidazole rings is 1. The number of halogens is 1. The first-order valence-electron chi connectivity index (χ1n) is 9.44. The summed E-state index contributed by atoms with van der Waals surface area (Å²) >= 11 is 0. The standard InChI is InChI=1S/C20H19FN6O5/c1-31-26-18-16-19(25-15(24-18)7-4-11-2-5-12(21)6-3-11)27(10-23-16)20(8-14(22)29)17(30)13(28)9-32-20/h2-3,5-6,10,13,17,28,30H,8-9H2,1H3,(H2,22,29)(H,24,25,26). The van der Waals surface area contributed by atoms with Gasteiger partial charge in [-0.15, -0.1) is 0 Å². The fourth-order valence-electron chi connectivity index (χ4n) is 3.47. The lowest BCUT2D eigenvalue weighted by Crippen LogP contribution is -2.48. The zero-order valence-corrected chi connectivity index (χ0v) is 16.8. The number of ether oxygens (including phenoxy) is 1. The van der Waals surface area contributed by atoms with Crippen LogP contribution < -0.4 is 11.2 Å². The Bertz CT molecular complexity index is 1220. The molecule has 3 heterocycles. The molecular formula is C20H19FN6O5. The van der Waals surface area contributed by atoms with E-state index in [0.29, 0.717) is 5.56 Å². The van der Waals surface area contributed by atoms with Gasteiger partial charge in [0.2, 0.25) is 11.7 Å². The summed E-state index contributed by atoms with van der Waals surface area (Å²) in [6, 6.07) is 5.56. The molecule has 1 saturated heterocycles. The van der Waals surface area contributed by atoms with Crippen molar-refractivity contribution in [2.45, 2.75) is 24.4 Å². The third-order valence-electron chi connectivity index (χ3n) is 4.92. The number of nitrogens with one attached hydrogen (secondary N) is 1. The van der Waals surface area contributed by atoms with Crippen LogP contribution in [0.1, 0.15) is 17.8 Å². The van der Waals surface area contributed by atoms with Gasteiger partial charge in [0.25, 0.3) is 0 Å². The molecule has 0 spiro atoms. The van der Waals surface area contributed by atoms with Crippen LogP contribution >= 0.6 is 0 Å². The number of fused-ring (bicyclic) bond motifs is 1. The van der Waals surface area contributed by atoms with Crippen LogP contribution in [-0.4, -0.2) is 61.6 Å². The quantitative estimate of drug-likeness (QED) is 0.305. The number of aliphatic hydroxyl groups is 2. The lowest BCUT2D eigenvalue weighted by Gasteiger charge is -2.32. The minimum Gasteiger partial charge on any atom is -0.388 e. The minimum absolute atomic E-state index is 0.0467. The number of rotatable bonds is 5. The van der Waals surface area contributed by atoms with E-state index < -0.39 is 30.3 Å². The second-order valence-corrected chi connectivity index (χ2v) is 7.06. The van der Waals surface area contributed by atoms with E-state index in [1.165, 1.54) is 42.3 Å². The first kappa shape index (κ1) is 21.6. The summed E-state index contributed by atoms with van der Waals surface area (Å²) in [6.07, 6.45) is -1.87. The highest BCUT2D eigenvalue weighted by molar-refractivity contribution is 5.83. The number of nitrogens with two attached hydrogens (primary N) is 1. The van der Waals surface area contributed by atoms with E-state index in [0.717, 1.165) is 0 Å². The van der Waals surface area contributed by atoms with Gasteiger partial charge in [0.1, 0.15) is 18.0 Å². The molecule has 1 aromatic carbocycles. The minimum atomic E-state index is -1.72. The molecule has 1 aliphatic heterocycles. The van der Waals surface area contributed by atoms with E-state index in [-0.39, 0.29) is 35.2 Å². The summed E-state index contributed by atoms with van der Waals surface area (Å²) < 4.78 is 20.1. The highest BCUT2D eigenvalue weighted by atomic mass is 19.1. The molecule has 3 atom stereocenters. The van der Waals surface area contributed by atoms with Crippen molar-refractivity contribution < 1.29 is 29.0 Å². The molecule has 12 heteroatoms. The van der Waals surface area contributed by atoms with Gasteiger partial charge in [-0.1, -0.05) is 5.92 Å². The Kier molecular flexibility index (Phi) is 5.72. The first-order valence-corrected chi connectivity index (χ1v) is 9.44. The van der Waals surface area contributed by atoms with Gasteiger partial charge in [-0.25, -0.2) is 19.8 Å².